The van der Waals surface area contributed by atoms with E-state index in [1.54, 1.807) is 48.5 Å². The Bertz CT molecular complexity index is 1300. The minimum atomic E-state index is -0.289. The summed E-state index contributed by atoms with van der Waals surface area (Å²) >= 11 is 12.3. The van der Waals surface area contributed by atoms with E-state index < -0.39 is 0 Å². The summed E-state index contributed by atoms with van der Waals surface area (Å²) in [6.07, 6.45) is 2.15. The van der Waals surface area contributed by atoms with Crippen LogP contribution in [0.4, 0.5) is 0 Å². The Morgan fingerprint density at radius 2 is 1.71 bits per heavy atom. The number of ether oxygens (including phenoxy) is 3. The second-order valence-electron chi connectivity index (χ2n) is 9.64. The van der Waals surface area contributed by atoms with Crippen LogP contribution < -0.4 is 9.47 Å². The van der Waals surface area contributed by atoms with E-state index in [0.717, 1.165) is 18.7 Å². The Morgan fingerprint density at radius 3 is 2.39 bits per heavy atom. The molecule has 9 nitrogen and oxygen atoms in total. The van der Waals surface area contributed by atoms with Crippen molar-refractivity contribution < 1.29 is 28.2 Å². The molecule has 11 heteroatoms. The summed E-state index contributed by atoms with van der Waals surface area (Å²) in [5.41, 5.74) is 1.35. The Kier molecular flexibility index (Phi) is 11.3. The van der Waals surface area contributed by atoms with Crippen LogP contribution in [0.15, 0.2) is 59.2 Å². The zero-order valence-corrected chi connectivity index (χ0v) is 24.8. The van der Waals surface area contributed by atoms with E-state index >= 15 is 0 Å². The maximum atomic E-state index is 13.8. The fourth-order valence-corrected chi connectivity index (χ4v) is 4.90. The zero-order valence-electron chi connectivity index (χ0n) is 23.3. The molecule has 1 fully saturated rings. The van der Waals surface area contributed by atoms with Crippen LogP contribution in [0.1, 0.15) is 21.7 Å². The van der Waals surface area contributed by atoms with Gasteiger partial charge in [0, 0.05) is 38.3 Å². The third kappa shape index (κ3) is 8.63. The van der Waals surface area contributed by atoms with Gasteiger partial charge in [-0.25, -0.2) is 0 Å². The lowest BCUT2D eigenvalue weighted by molar-refractivity contribution is -0.132. The summed E-state index contributed by atoms with van der Waals surface area (Å²) in [6, 6.07) is 14.1. The van der Waals surface area contributed by atoms with Gasteiger partial charge in [0.25, 0.3) is 5.91 Å². The topological polar surface area (TPSA) is 84.7 Å². The van der Waals surface area contributed by atoms with Crippen LogP contribution in [0.2, 0.25) is 10.0 Å². The molecule has 0 aliphatic carbocycles. The second-order valence-corrected chi connectivity index (χ2v) is 10.5. The Labute approximate surface area is 250 Å². The van der Waals surface area contributed by atoms with Gasteiger partial charge in [-0.2, -0.15) is 0 Å². The molecule has 2 aromatic carbocycles. The number of carbonyl (C=O) groups is 2. The van der Waals surface area contributed by atoms with Gasteiger partial charge in [0.2, 0.25) is 5.91 Å². The van der Waals surface area contributed by atoms with E-state index in [1.807, 2.05) is 24.3 Å². The highest BCUT2D eigenvalue weighted by Crippen LogP contribution is 2.28. The normalized spacial score (nSPS) is 13.6. The standard InChI is InChI=1S/C30H35Cl2N3O6/c1-38-27-8-5-22(18-28(27)39-2)9-10-34(20-24-4-3-15-41-24)29(36)21-35(12-11-33-13-16-40-17-14-33)30(37)23-6-7-25(31)26(32)19-23/h3-8,15,18-19H,9-14,16-17,20-21H2,1-2H3. The number of hydrogen-bond acceptors (Lipinski definition) is 7. The average Bonchev–Trinajstić information content (AvgIpc) is 3.52. The number of furan rings is 1. The molecule has 0 unspecified atom stereocenters. The lowest BCUT2D eigenvalue weighted by Gasteiger charge is -2.31. The van der Waals surface area contributed by atoms with Crippen molar-refractivity contribution in [1.29, 1.82) is 0 Å². The van der Waals surface area contributed by atoms with E-state index in [-0.39, 0.29) is 29.9 Å². The largest absolute Gasteiger partial charge is 0.493 e. The zero-order chi connectivity index (χ0) is 29.2. The quantitative estimate of drug-likeness (QED) is 0.281. The number of amides is 2. The molecule has 0 bridgehead atoms. The van der Waals surface area contributed by atoms with Crippen LogP contribution in [0, 0.1) is 0 Å². The van der Waals surface area contributed by atoms with Gasteiger partial charge in [-0.15, -0.1) is 0 Å². The van der Waals surface area contributed by atoms with Gasteiger partial charge in [-0.1, -0.05) is 29.3 Å². The molecule has 41 heavy (non-hydrogen) atoms. The number of carbonyl (C=O) groups excluding carboxylic acids is 2. The first-order valence-corrected chi connectivity index (χ1v) is 14.2. The van der Waals surface area contributed by atoms with Gasteiger partial charge in [0.05, 0.1) is 50.3 Å². The monoisotopic (exact) mass is 603 g/mol. The third-order valence-corrected chi connectivity index (χ3v) is 7.71. The molecule has 3 aromatic rings. The highest BCUT2D eigenvalue weighted by molar-refractivity contribution is 6.42. The van der Waals surface area contributed by atoms with Crippen molar-refractivity contribution in [2.45, 2.75) is 13.0 Å². The fourth-order valence-electron chi connectivity index (χ4n) is 4.60. The van der Waals surface area contributed by atoms with Gasteiger partial charge in [-0.05, 0) is 54.4 Å². The first-order chi connectivity index (χ1) is 19.9. The van der Waals surface area contributed by atoms with Crippen LogP contribution in [-0.2, 0) is 22.5 Å². The van der Waals surface area contributed by atoms with Crippen molar-refractivity contribution in [2.75, 3.05) is 66.7 Å². The van der Waals surface area contributed by atoms with Crippen LogP contribution in [0.25, 0.3) is 0 Å². The number of nitrogens with zero attached hydrogens (tertiary/aromatic N) is 3. The van der Waals surface area contributed by atoms with Crippen molar-refractivity contribution in [3.63, 3.8) is 0 Å². The molecule has 0 N–H and O–H groups in total. The molecule has 1 aromatic heterocycles. The van der Waals surface area contributed by atoms with E-state index in [9.17, 15) is 9.59 Å². The van der Waals surface area contributed by atoms with Gasteiger partial charge >= 0.3 is 0 Å². The Balaban J connectivity index is 1.52. The Morgan fingerprint density at radius 1 is 0.927 bits per heavy atom. The molecule has 0 atom stereocenters. The lowest BCUT2D eigenvalue weighted by atomic mass is 10.1. The molecule has 0 radical (unpaired) electrons. The molecule has 2 amide bonds. The van der Waals surface area contributed by atoms with Gasteiger partial charge in [-0.3, -0.25) is 14.5 Å². The lowest BCUT2D eigenvalue weighted by Crippen LogP contribution is -2.47. The number of benzene rings is 2. The molecular weight excluding hydrogens is 569 g/mol. The summed E-state index contributed by atoms with van der Waals surface area (Å²) < 4.78 is 21.8. The summed E-state index contributed by atoms with van der Waals surface area (Å²) in [4.78, 5) is 32.9. The van der Waals surface area contributed by atoms with Gasteiger partial charge < -0.3 is 28.4 Å². The van der Waals surface area contributed by atoms with Gasteiger partial charge in [0.1, 0.15) is 12.3 Å². The molecule has 1 saturated heterocycles. The van der Waals surface area contributed by atoms with E-state index in [2.05, 4.69) is 4.90 Å². The molecule has 2 heterocycles. The number of halogens is 2. The summed E-state index contributed by atoms with van der Waals surface area (Å²) in [7, 11) is 3.18. The summed E-state index contributed by atoms with van der Waals surface area (Å²) in [5, 5.41) is 0.644. The number of morpholine rings is 1. The van der Waals surface area contributed by atoms with Crippen molar-refractivity contribution in [1.82, 2.24) is 14.7 Å². The maximum Gasteiger partial charge on any atom is 0.254 e. The highest BCUT2D eigenvalue weighted by atomic mass is 35.5. The highest BCUT2D eigenvalue weighted by Gasteiger charge is 2.25. The van der Waals surface area contributed by atoms with Gasteiger partial charge in [0.15, 0.2) is 11.5 Å². The van der Waals surface area contributed by atoms with E-state index in [4.69, 9.17) is 41.8 Å². The number of rotatable bonds is 13. The second kappa shape index (κ2) is 15.1. The van der Waals surface area contributed by atoms with Crippen LogP contribution in [0.3, 0.4) is 0 Å². The Hall–Kier alpha value is -3.24. The molecule has 220 valence electrons. The molecule has 4 rings (SSSR count). The SMILES string of the molecule is COc1ccc(CCN(Cc2ccco2)C(=O)CN(CCN2CCOCC2)C(=O)c2ccc(Cl)c(Cl)c2)cc1OC. The predicted octanol–water partition coefficient (Wildman–Crippen LogP) is 4.65. The first-order valence-electron chi connectivity index (χ1n) is 13.4. The summed E-state index contributed by atoms with van der Waals surface area (Å²) in [5.74, 6) is 1.42. The molecule has 0 spiro atoms. The van der Waals surface area contributed by atoms with Crippen molar-refractivity contribution in [3.8, 4) is 11.5 Å². The minimum absolute atomic E-state index is 0.101. The van der Waals surface area contributed by atoms with Crippen LogP contribution >= 0.6 is 23.2 Å². The van der Waals surface area contributed by atoms with Crippen molar-refractivity contribution >= 4 is 35.0 Å². The molecule has 1 aliphatic rings. The van der Waals surface area contributed by atoms with Crippen LogP contribution in [-0.4, -0.2) is 93.2 Å². The number of methoxy groups -OCH3 is 2. The maximum absolute atomic E-state index is 13.8. The fraction of sp³-hybridized carbons (Fsp3) is 0.400. The number of hydrogen-bond donors (Lipinski definition) is 0. The average molecular weight is 605 g/mol. The predicted molar refractivity (Wildman–Crippen MR) is 157 cm³/mol. The van der Waals surface area contributed by atoms with E-state index in [0.29, 0.717) is 67.1 Å². The molecular formula is C30H35Cl2N3O6. The first kappa shape index (κ1) is 30.7. The van der Waals surface area contributed by atoms with Crippen molar-refractivity contribution in [2.24, 2.45) is 0 Å². The minimum Gasteiger partial charge on any atom is -0.493 e. The molecule has 1 aliphatic heterocycles. The third-order valence-electron chi connectivity index (χ3n) is 6.97. The van der Waals surface area contributed by atoms with E-state index in [1.165, 1.54) is 6.07 Å². The van der Waals surface area contributed by atoms with Crippen LogP contribution in [0.5, 0.6) is 11.5 Å². The molecule has 0 saturated carbocycles. The summed E-state index contributed by atoms with van der Waals surface area (Å²) in [6.45, 7) is 4.42. The smallest absolute Gasteiger partial charge is 0.254 e. The van der Waals surface area contributed by atoms with Crippen molar-refractivity contribution in [3.05, 3.63) is 81.7 Å².